The average molecular weight is 330 g/mol. The third-order valence-electron chi connectivity index (χ3n) is 3.84. The number of benzene rings is 1. The van der Waals surface area contributed by atoms with E-state index in [2.05, 4.69) is 37.7 Å². The summed E-state index contributed by atoms with van der Waals surface area (Å²) >= 11 is 1.67. The summed E-state index contributed by atoms with van der Waals surface area (Å²) in [5, 5.41) is 6.58. The third kappa shape index (κ3) is 3.82. The molecule has 0 aliphatic carbocycles. The lowest BCUT2D eigenvalue weighted by atomic mass is 10.1. The van der Waals surface area contributed by atoms with Crippen molar-refractivity contribution >= 4 is 17.3 Å². The quantitative estimate of drug-likeness (QED) is 0.691. The molecule has 0 fully saturated rings. The van der Waals surface area contributed by atoms with Crippen LogP contribution in [0.5, 0.6) is 5.75 Å². The zero-order valence-electron chi connectivity index (χ0n) is 13.7. The van der Waals surface area contributed by atoms with Gasteiger partial charge < -0.3 is 15.0 Å². The van der Waals surface area contributed by atoms with Gasteiger partial charge >= 0.3 is 0 Å². The standard InChI is InChI=1S/C17H22N4OS/c1-12-20-14(11-23-12)10-21(3)17(18-2)19-9-15-8-13-6-4-5-7-16(13)22-15/h4-7,11,15H,8-10H2,1-3H3,(H,18,19). The molecule has 1 unspecified atom stereocenters. The van der Waals surface area contributed by atoms with Crippen LogP contribution in [0, 0.1) is 6.92 Å². The minimum absolute atomic E-state index is 0.152. The fraction of sp³-hybridized carbons (Fsp3) is 0.412. The smallest absolute Gasteiger partial charge is 0.193 e. The molecule has 0 spiro atoms. The molecule has 0 amide bonds. The van der Waals surface area contributed by atoms with Gasteiger partial charge in [0.15, 0.2) is 5.96 Å². The van der Waals surface area contributed by atoms with Crippen molar-refractivity contribution in [2.45, 2.75) is 26.0 Å². The first kappa shape index (κ1) is 15.8. The second-order valence-electron chi connectivity index (χ2n) is 5.69. The molecule has 1 N–H and O–H groups in total. The molecule has 5 nitrogen and oxygen atoms in total. The van der Waals surface area contributed by atoms with Gasteiger partial charge in [-0.1, -0.05) is 18.2 Å². The zero-order valence-corrected chi connectivity index (χ0v) is 14.6. The van der Waals surface area contributed by atoms with E-state index in [0.717, 1.165) is 41.9 Å². The van der Waals surface area contributed by atoms with Crippen molar-refractivity contribution < 1.29 is 4.74 Å². The van der Waals surface area contributed by atoms with Crippen LogP contribution in [0.25, 0.3) is 0 Å². The lowest BCUT2D eigenvalue weighted by molar-refractivity contribution is 0.233. The number of nitrogens with one attached hydrogen (secondary N) is 1. The van der Waals surface area contributed by atoms with Crippen LogP contribution >= 0.6 is 11.3 Å². The third-order valence-corrected chi connectivity index (χ3v) is 4.66. The molecule has 0 saturated heterocycles. The number of ether oxygens (including phenoxy) is 1. The Morgan fingerprint density at radius 2 is 2.30 bits per heavy atom. The fourth-order valence-electron chi connectivity index (χ4n) is 2.76. The Labute approximate surface area is 141 Å². The largest absolute Gasteiger partial charge is 0.488 e. The maximum atomic E-state index is 5.96. The molecule has 6 heteroatoms. The molecule has 23 heavy (non-hydrogen) atoms. The van der Waals surface area contributed by atoms with Crippen molar-refractivity contribution in [2.75, 3.05) is 20.6 Å². The maximum absolute atomic E-state index is 5.96. The number of fused-ring (bicyclic) bond motifs is 1. The number of guanidine groups is 1. The molecular weight excluding hydrogens is 308 g/mol. The molecule has 1 aromatic carbocycles. The van der Waals surface area contributed by atoms with E-state index in [9.17, 15) is 0 Å². The average Bonchev–Trinajstić information content (AvgIpc) is 3.13. The first-order valence-corrected chi connectivity index (χ1v) is 8.61. The predicted molar refractivity (Wildman–Crippen MR) is 94.2 cm³/mol. The van der Waals surface area contributed by atoms with Gasteiger partial charge in [-0.2, -0.15) is 0 Å². The van der Waals surface area contributed by atoms with Gasteiger partial charge in [0.2, 0.25) is 0 Å². The monoisotopic (exact) mass is 330 g/mol. The summed E-state index contributed by atoms with van der Waals surface area (Å²) in [7, 11) is 3.82. The normalized spacial score (nSPS) is 16.8. The molecule has 122 valence electrons. The number of hydrogen-bond acceptors (Lipinski definition) is 4. The van der Waals surface area contributed by atoms with E-state index in [1.807, 2.05) is 26.1 Å². The van der Waals surface area contributed by atoms with Crippen LogP contribution in [0.1, 0.15) is 16.3 Å². The Balaban J connectivity index is 1.52. The fourth-order valence-corrected chi connectivity index (χ4v) is 3.36. The van der Waals surface area contributed by atoms with Crippen LogP contribution in [0.3, 0.4) is 0 Å². The van der Waals surface area contributed by atoms with Crippen molar-refractivity contribution in [1.82, 2.24) is 15.2 Å². The zero-order chi connectivity index (χ0) is 16.2. The highest BCUT2D eigenvalue weighted by Gasteiger charge is 2.22. The van der Waals surface area contributed by atoms with Crippen molar-refractivity contribution in [1.29, 1.82) is 0 Å². The van der Waals surface area contributed by atoms with E-state index in [-0.39, 0.29) is 6.10 Å². The Kier molecular flexibility index (Phi) is 4.81. The minimum Gasteiger partial charge on any atom is -0.488 e. The Morgan fingerprint density at radius 3 is 3.00 bits per heavy atom. The number of para-hydroxylation sites is 1. The van der Waals surface area contributed by atoms with Crippen LogP contribution in [-0.4, -0.2) is 42.6 Å². The summed E-state index contributed by atoms with van der Waals surface area (Å²) in [5.41, 5.74) is 2.35. The highest BCUT2D eigenvalue weighted by Crippen LogP contribution is 2.27. The lowest BCUT2D eigenvalue weighted by Gasteiger charge is -2.22. The van der Waals surface area contributed by atoms with E-state index in [4.69, 9.17) is 4.74 Å². The van der Waals surface area contributed by atoms with Gasteiger partial charge in [0.05, 0.1) is 23.8 Å². The van der Waals surface area contributed by atoms with Gasteiger partial charge in [0, 0.05) is 25.9 Å². The number of nitrogens with zero attached hydrogens (tertiary/aromatic N) is 3. The lowest BCUT2D eigenvalue weighted by Crippen LogP contribution is -2.42. The van der Waals surface area contributed by atoms with Gasteiger partial charge in [0.25, 0.3) is 0 Å². The molecule has 1 aliphatic heterocycles. The molecule has 3 rings (SSSR count). The maximum Gasteiger partial charge on any atom is 0.193 e. The molecule has 1 aliphatic rings. The van der Waals surface area contributed by atoms with Crippen molar-refractivity contribution in [3.8, 4) is 5.75 Å². The molecular formula is C17H22N4OS. The van der Waals surface area contributed by atoms with E-state index in [0.29, 0.717) is 0 Å². The molecule has 2 aromatic rings. The number of aryl methyl sites for hydroxylation is 1. The van der Waals surface area contributed by atoms with Gasteiger partial charge in [-0.15, -0.1) is 11.3 Å². The van der Waals surface area contributed by atoms with Crippen LogP contribution in [0.15, 0.2) is 34.6 Å². The first-order valence-electron chi connectivity index (χ1n) is 7.73. The summed E-state index contributed by atoms with van der Waals surface area (Å²) in [6.07, 6.45) is 1.09. The first-order chi connectivity index (χ1) is 11.2. The summed E-state index contributed by atoms with van der Waals surface area (Å²) < 4.78 is 5.96. The molecule has 1 atom stereocenters. The van der Waals surface area contributed by atoms with Crippen molar-refractivity contribution in [3.05, 3.63) is 45.9 Å². The second-order valence-corrected chi connectivity index (χ2v) is 6.76. The second kappa shape index (κ2) is 7.00. The molecule has 1 aromatic heterocycles. The number of aromatic nitrogens is 1. The van der Waals surface area contributed by atoms with Crippen molar-refractivity contribution in [3.63, 3.8) is 0 Å². The van der Waals surface area contributed by atoms with Crippen molar-refractivity contribution in [2.24, 2.45) is 4.99 Å². The molecule has 0 bridgehead atoms. The number of hydrogen-bond donors (Lipinski definition) is 1. The van der Waals surface area contributed by atoms with E-state index in [1.54, 1.807) is 18.4 Å². The molecule has 0 radical (unpaired) electrons. The van der Waals surface area contributed by atoms with Crippen LogP contribution in [-0.2, 0) is 13.0 Å². The van der Waals surface area contributed by atoms with Gasteiger partial charge in [-0.05, 0) is 18.6 Å². The van der Waals surface area contributed by atoms with Crippen LogP contribution < -0.4 is 10.1 Å². The van der Waals surface area contributed by atoms with E-state index < -0.39 is 0 Å². The summed E-state index contributed by atoms with van der Waals surface area (Å²) in [5.74, 6) is 1.86. The van der Waals surface area contributed by atoms with E-state index in [1.165, 1.54) is 5.56 Å². The molecule has 0 saturated carbocycles. The number of thiazole rings is 1. The Morgan fingerprint density at radius 1 is 1.48 bits per heavy atom. The van der Waals surface area contributed by atoms with Crippen LogP contribution in [0.4, 0.5) is 0 Å². The summed E-state index contributed by atoms with van der Waals surface area (Å²) in [6.45, 7) is 3.51. The highest BCUT2D eigenvalue weighted by molar-refractivity contribution is 7.09. The highest BCUT2D eigenvalue weighted by atomic mass is 32.1. The van der Waals surface area contributed by atoms with Crippen LogP contribution in [0.2, 0.25) is 0 Å². The predicted octanol–water partition coefficient (Wildman–Crippen LogP) is 2.46. The Hall–Kier alpha value is -2.08. The summed E-state index contributed by atoms with van der Waals surface area (Å²) in [6, 6.07) is 8.22. The number of rotatable bonds is 4. The van der Waals surface area contributed by atoms with Gasteiger partial charge in [-0.25, -0.2) is 4.98 Å². The Bertz CT molecular complexity index is 672. The topological polar surface area (TPSA) is 49.8 Å². The number of aliphatic imine (C=N–C) groups is 1. The minimum atomic E-state index is 0.152. The van der Waals surface area contributed by atoms with E-state index >= 15 is 0 Å². The molecule has 2 heterocycles. The van der Waals surface area contributed by atoms with Gasteiger partial charge in [0.1, 0.15) is 11.9 Å². The SMILES string of the molecule is CN=C(NCC1Cc2ccccc2O1)N(C)Cc1csc(C)n1. The van der Waals surface area contributed by atoms with Gasteiger partial charge in [-0.3, -0.25) is 4.99 Å². The summed E-state index contributed by atoms with van der Waals surface area (Å²) in [4.78, 5) is 10.9.